The van der Waals surface area contributed by atoms with Gasteiger partial charge in [-0.2, -0.15) is 5.26 Å². The lowest BCUT2D eigenvalue weighted by Gasteiger charge is -2.15. The Bertz CT molecular complexity index is 595. The zero-order valence-corrected chi connectivity index (χ0v) is 10.3. The molecule has 5 nitrogen and oxygen atoms in total. The van der Waals surface area contributed by atoms with Crippen LogP contribution in [-0.4, -0.2) is 16.7 Å². The monoisotopic (exact) mass is 242 g/mol. The normalized spacial score (nSPS) is 11.9. The zero-order chi connectivity index (χ0) is 13.1. The highest BCUT2D eigenvalue weighted by atomic mass is 16.5. The van der Waals surface area contributed by atoms with Crippen LogP contribution < -0.4 is 10.5 Å². The van der Waals surface area contributed by atoms with E-state index in [1.807, 2.05) is 6.92 Å². The summed E-state index contributed by atoms with van der Waals surface area (Å²) >= 11 is 0. The molecule has 0 saturated heterocycles. The predicted molar refractivity (Wildman–Crippen MR) is 67.4 cm³/mol. The molecule has 0 aliphatic carbocycles. The molecule has 1 atom stereocenters. The number of rotatable bonds is 3. The number of benzene rings is 1. The molecule has 2 rings (SSSR count). The van der Waals surface area contributed by atoms with E-state index in [0.29, 0.717) is 17.0 Å². The number of hydrogen-bond donors (Lipinski definition) is 1. The van der Waals surface area contributed by atoms with Gasteiger partial charge in [0, 0.05) is 6.04 Å². The lowest BCUT2D eigenvalue weighted by Crippen LogP contribution is -2.12. The van der Waals surface area contributed by atoms with E-state index in [4.69, 9.17) is 10.5 Å². The maximum Gasteiger partial charge on any atom is 0.144 e. The summed E-state index contributed by atoms with van der Waals surface area (Å²) in [5.41, 5.74) is 7.92. The van der Waals surface area contributed by atoms with E-state index in [9.17, 15) is 5.26 Å². The van der Waals surface area contributed by atoms with Crippen molar-refractivity contribution in [3.8, 4) is 17.5 Å². The molecule has 1 heterocycles. The van der Waals surface area contributed by atoms with Crippen molar-refractivity contribution < 1.29 is 4.74 Å². The SMILES string of the molecule is COc1cccc(C#N)c1-n1cncc1[C@@H](C)N. The molecule has 2 aromatic rings. The number of nitrogens with zero attached hydrogens (tertiary/aromatic N) is 3. The molecule has 0 unspecified atom stereocenters. The van der Waals surface area contributed by atoms with E-state index in [1.165, 1.54) is 0 Å². The fraction of sp³-hybridized carbons (Fsp3) is 0.231. The first-order valence-corrected chi connectivity index (χ1v) is 5.54. The Morgan fingerprint density at radius 2 is 2.28 bits per heavy atom. The Hall–Kier alpha value is -2.32. The summed E-state index contributed by atoms with van der Waals surface area (Å²) in [6.45, 7) is 1.87. The molecular formula is C13H14N4O. The molecule has 1 aromatic carbocycles. The topological polar surface area (TPSA) is 76.9 Å². The summed E-state index contributed by atoms with van der Waals surface area (Å²) in [5.74, 6) is 0.619. The summed E-state index contributed by atoms with van der Waals surface area (Å²) in [6, 6.07) is 7.31. The molecule has 0 saturated carbocycles. The van der Waals surface area contributed by atoms with Crippen molar-refractivity contribution in [3.05, 3.63) is 42.0 Å². The van der Waals surface area contributed by atoms with Gasteiger partial charge < -0.3 is 10.5 Å². The van der Waals surface area contributed by atoms with E-state index in [1.54, 1.807) is 42.4 Å². The second-order valence-corrected chi connectivity index (χ2v) is 3.95. The van der Waals surface area contributed by atoms with Gasteiger partial charge in [-0.1, -0.05) is 6.07 Å². The van der Waals surface area contributed by atoms with Crippen LogP contribution >= 0.6 is 0 Å². The quantitative estimate of drug-likeness (QED) is 0.889. The predicted octanol–water partition coefficient (Wildman–Crippen LogP) is 1.77. The van der Waals surface area contributed by atoms with Gasteiger partial charge in [0.15, 0.2) is 0 Å². The molecule has 0 aliphatic rings. The van der Waals surface area contributed by atoms with Gasteiger partial charge in [0.25, 0.3) is 0 Å². The number of nitriles is 1. The maximum atomic E-state index is 9.20. The zero-order valence-electron chi connectivity index (χ0n) is 10.3. The first-order chi connectivity index (χ1) is 8.69. The molecule has 0 radical (unpaired) electrons. The minimum absolute atomic E-state index is 0.177. The molecule has 18 heavy (non-hydrogen) atoms. The third kappa shape index (κ3) is 1.94. The molecule has 5 heteroatoms. The number of aromatic nitrogens is 2. The molecule has 92 valence electrons. The van der Waals surface area contributed by atoms with Crippen LogP contribution in [0.25, 0.3) is 5.69 Å². The van der Waals surface area contributed by atoms with Crippen molar-refractivity contribution >= 4 is 0 Å². The van der Waals surface area contributed by atoms with Gasteiger partial charge in [0.1, 0.15) is 17.5 Å². The van der Waals surface area contributed by atoms with E-state index < -0.39 is 0 Å². The fourth-order valence-electron chi connectivity index (χ4n) is 1.85. The Morgan fingerprint density at radius 1 is 1.50 bits per heavy atom. The molecule has 0 spiro atoms. The Balaban J connectivity index is 2.70. The molecule has 2 N–H and O–H groups in total. The van der Waals surface area contributed by atoms with Crippen LogP contribution in [0.15, 0.2) is 30.7 Å². The van der Waals surface area contributed by atoms with Gasteiger partial charge in [-0.05, 0) is 19.1 Å². The lowest BCUT2D eigenvalue weighted by atomic mass is 10.1. The summed E-state index contributed by atoms with van der Waals surface area (Å²) in [7, 11) is 1.57. The van der Waals surface area contributed by atoms with Crippen molar-refractivity contribution in [3.63, 3.8) is 0 Å². The van der Waals surface area contributed by atoms with Gasteiger partial charge in [-0.25, -0.2) is 4.98 Å². The Morgan fingerprint density at radius 3 is 2.89 bits per heavy atom. The second kappa shape index (κ2) is 4.90. The minimum atomic E-state index is -0.177. The van der Waals surface area contributed by atoms with Crippen LogP contribution in [-0.2, 0) is 0 Å². The van der Waals surface area contributed by atoms with E-state index in [-0.39, 0.29) is 6.04 Å². The average Bonchev–Trinajstić information content (AvgIpc) is 2.86. The highest BCUT2D eigenvalue weighted by Gasteiger charge is 2.15. The summed E-state index contributed by atoms with van der Waals surface area (Å²) in [6.07, 6.45) is 3.33. The standard InChI is InChI=1S/C13H14N4O/c1-9(15)11-7-16-8-17(11)13-10(6-14)4-3-5-12(13)18-2/h3-5,7-9H,15H2,1-2H3/t9-/m1/s1. The van der Waals surface area contributed by atoms with Crippen molar-refractivity contribution in [2.75, 3.05) is 7.11 Å². The largest absolute Gasteiger partial charge is 0.495 e. The van der Waals surface area contributed by atoms with Gasteiger partial charge in [0.05, 0.1) is 30.9 Å². The van der Waals surface area contributed by atoms with Gasteiger partial charge >= 0.3 is 0 Å². The Kier molecular flexibility index (Phi) is 3.31. The van der Waals surface area contributed by atoms with E-state index >= 15 is 0 Å². The summed E-state index contributed by atoms with van der Waals surface area (Å²) in [5, 5.41) is 9.20. The molecule has 0 fully saturated rings. The minimum Gasteiger partial charge on any atom is -0.495 e. The summed E-state index contributed by atoms with van der Waals surface area (Å²) in [4.78, 5) is 4.09. The lowest BCUT2D eigenvalue weighted by molar-refractivity contribution is 0.412. The van der Waals surface area contributed by atoms with Crippen LogP contribution in [0.3, 0.4) is 0 Å². The van der Waals surface area contributed by atoms with Crippen LogP contribution in [0.1, 0.15) is 24.2 Å². The number of nitrogens with two attached hydrogens (primary N) is 1. The highest BCUT2D eigenvalue weighted by molar-refractivity contribution is 5.58. The summed E-state index contributed by atoms with van der Waals surface area (Å²) < 4.78 is 7.10. The average molecular weight is 242 g/mol. The van der Waals surface area contributed by atoms with Crippen molar-refractivity contribution in [2.24, 2.45) is 5.73 Å². The maximum absolute atomic E-state index is 9.20. The van der Waals surface area contributed by atoms with Crippen molar-refractivity contribution in [2.45, 2.75) is 13.0 Å². The molecule has 0 aliphatic heterocycles. The van der Waals surface area contributed by atoms with Gasteiger partial charge in [-0.15, -0.1) is 0 Å². The third-order valence-electron chi connectivity index (χ3n) is 2.71. The number of para-hydroxylation sites is 1. The first kappa shape index (κ1) is 12.1. The third-order valence-corrected chi connectivity index (χ3v) is 2.71. The smallest absolute Gasteiger partial charge is 0.144 e. The molecule has 0 bridgehead atoms. The molecule has 0 amide bonds. The van der Waals surface area contributed by atoms with E-state index in [0.717, 1.165) is 5.69 Å². The van der Waals surface area contributed by atoms with Crippen LogP contribution in [0.2, 0.25) is 0 Å². The number of imidazole rings is 1. The van der Waals surface area contributed by atoms with Gasteiger partial charge in [-0.3, -0.25) is 4.57 Å². The number of hydrogen-bond acceptors (Lipinski definition) is 4. The Labute approximate surface area is 105 Å². The van der Waals surface area contributed by atoms with Crippen LogP contribution in [0.4, 0.5) is 0 Å². The van der Waals surface area contributed by atoms with Crippen LogP contribution in [0.5, 0.6) is 5.75 Å². The van der Waals surface area contributed by atoms with Crippen molar-refractivity contribution in [1.29, 1.82) is 5.26 Å². The highest BCUT2D eigenvalue weighted by Crippen LogP contribution is 2.28. The molecule has 1 aromatic heterocycles. The van der Waals surface area contributed by atoms with Crippen molar-refractivity contribution in [1.82, 2.24) is 9.55 Å². The first-order valence-electron chi connectivity index (χ1n) is 5.54. The fourth-order valence-corrected chi connectivity index (χ4v) is 1.85. The second-order valence-electron chi connectivity index (χ2n) is 3.95. The number of methoxy groups -OCH3 is 1. The van der Waals surface area contributed by atoms with E-state index in [2.05, 4.69) is 11.1 Å². The van der Waals surface area contributed by atoms with Gasteiger partial charge in [0.2, 0.25) is 0 Å². The molecular weight excluding hydrogens is 228 g/mol. The van der Waals surface area contributed by atoms with Crippen LogP contribution in [0, 0.1) is 11.3 Å². The number of ether oxygens (including phenoxy) is 1.